The highest BCUT2D eigenvalue weighted by Crippen LogP contribution is 2.27. The zero-order valence-corrected chi connectivity index (χ0v) is 11.6. The van der Waals surface area contributed by atoms with Gasteiger partial charge >= 0.3 is 5.97 Å². The Morgan fingerprint density at radius 3 is 2.68 bits per heavy atom. The molecular weight excluding hydrogens is 262 g/mol. The second-order valence-electron chi connectivity index (χ2n) is 4.05. The summed E-state index contributed by atoms with van der Waals surface area (Å²) < 4.78 is 5.50. The summed E-state index contributed by atoms with van der Waals surface area (Å²) in [4.78, 5) is 15.3. The highest BCUT2D eigenvalue weighted by molar-refractivity contribution is 7.10. The molecule has 1 aromatic carbocycles. The molecule has 1 unspecified atom stereocenters. The third-order valence-corrected chi connectivity index (χ3v) is 3.72. The fourth-order valence-electron chi connectivity index (χ4n) is 1.71. The zero-order chi connectivity index (χ0) is 13.8. The fourth-order valence-corrected chi connectivity index (χ4v) is 2.54. The lowest BCUT2D eigenvalue weighted by atomic mass is 10.1. The maximum Gasteiger partial charge on any atom is 0.335 e. The third kappa shape index (κ3) is 3.19. The number of ether oxygens (including phenoxy) is 1. The number of thiazole rings is 1. The second-order valence-corrected chi connectivity index (χ2v) is 4.94. The third-order valence-electron chi connectivity index (χ3n) is 2.71. The average molecular weight is 277 g/mol. The predicted molar refractivity (Wildman–Crippen MR) is 74.6 cm³/mol. The van der Waals surface area contributed by atoms with Crippen LogP contribution in [0.15, 0.2) is 29.6 Å². The molecular formula is C14H15NO3S. The first-order valence-electron chi connectivity index (χ1n) is 6.02. The minimum atomic E-state index is -0.921. The quantitative estimate of drug-likeness (QED) is 0.907. The van der Waals surface area contributed by atoms with Crippen LogP contribution in [0.3, 0.4) is 0 Å². The molecule has 2 rings (SSSR count). The van der Waals surface area contributed by atoms with E-state index >= 15 is 0 Å². The van der Waals surface area contributed by atoms with Crippen LogP contribution >= 0.6 is 11.3 Å². The molecule has 5 heteroatoms. The number of hydrogen-bond donors (Lipinski definition) is 1. The van der Waals surface area contributed by atoms with Gasteiger partial charge in [0.1, 0.15) is 11.1 Å². The Kier molecular flexibility index (Phi) is 4.29. The highest BCUT2D eigenvalue weighted by atomic mass is 32.1. The van der Waals surface area contributed by atoms with Gasteiger partial charge in [-0.15, -0.1) is 11.3 Å². The molecule has 1 heterocycles. The molecule has 1 atom stereocenters. The summed E-state index contributed by atoms with van der Waals surface area (Å²) in [7, 11) is 0. The van der Waals surface area contributed by atoms with E-state index in [4.69, 9.17) is 9.84 Å². The molecule has 4 nitrogen and oxygen atoms in total. The van der Waals surface area contributed by atoms with Crippen LogP contribution in [0.1, 0.15) is 35.3 Å². The smallest absolute Gasteiger partial charge is 0.335 e. The Hall–Kier alpha value is -1.72. The molecule has 1 aromatic heterocycles. The number of benzene rings is 1. The van der Waals surface area contributed by atoms with E-state index in [2.05, 4.69) is 4.98 Å². The van der Waals surface area contributed by atoms with E-state index in [0.717, 1.165) is 16.3 Å². The van der Waals surface area contributed by atoms with Crippen molar-refractivity contribution in [3.63, 3.8) is 0 Å². The summed E-state index contributed by atoms with van der Waals surface area (Å²) in [5.41, 5.74) is 2.04. The van der Waals surface area contributed by atoms with Crippen LogP contribution in [0.2, 0.25) is 0 Å². The molecule has 0 aliphatic heterocycles. The number of rotatable bonds is 5. The van der Waals surface area contributed by atoms with E-state index < -0.39 is 5.97 Å². The topological polar surface area (TPSA) is 59.4 Å². The van der Waals surface area contributed by atoms with E-state index in [-0.39, 0.29) is 11.7 Å². The van der Waals surface area contributed by atoms with Crippen LogP contribution in [-0.4, -0.2) is 22.7 Å². The largest absolute Gasteiger partial charge is 0.478 e. The van der Waals surface area contributed by atoms with Crippen molar-refractivity contribution in [3.05, 3.63) is 40.2 Å². The molecule has 0 saturated carbocycles. The Labute approximate surface area is 115 Å². The standard InChI is InChI=1S/C14H15NO3S/c1-3-18-9(2)13-15-12(8-19-13)10-4-6-11(7-5-10)14(16)17/h4-9H,3H2,1-2H3,(H,16,17). The Morgan fingerprint density at radius 1 is 1.42 bits per heavy atom. The Balaban J connectivity index is 2.20. The summed E-state index contributed by atoms with van der Waals surface area (Å²) in [6.07, 6.45) is -0.0120. The van der Waals surface area contributed by atoms with Crippen LogP contribution < -0.4 is 0 Å². The number of aromatic nitrogens is 1. The maximum atomic E-state index is 10.8. The fraction of sp³-hybridized carbons (Fsp3) is 0.286. The van der Waals surface area contributed by atoms with Crippen molar-refractivity contribution in [3.8, 4) is 11.3 Å². The van der Waals surface area contributed by atoms with Crippen molar-refractivity contribution in [1.82, 2.24) is 4.98 Å². The first-order valence-corrected chi connectivity index (χ1v) is 6.90. The van der Waals surface area contributed by atoms with Crippen molar-refractivity contribution < 1.29 is 14.6 Å². The lowest BCUT2D eigenvalue weighted by Gasteiger charge is -2.07. The highest BCUT2D eigenvalue weighted by Gasteiger charge is 2.11. The predicted octanol–water partition coefficient (Wildman–Crippen LogP) is 3.61. The number of aromatic carboxylic acids is 1. The van der Waals surface area contributed by atoms with Gasteiger partial charge in [-0.1, -0.05) is 12.1 Å². The van der Waals surface area contributed by atoms with Gasteiger partial charge in [-0.2, -0.15) is 0 Å². The van der Waals surface area contributed by atoms with E-state index in [1.54, 1.807) is 35.6 Å². The van der Waals surface area contributed by atoms with Crippen molar-refractivity contribution >= 4 is 17.3 Å². The van der Waals surface area contributed by atoms with Gasteiger partial charge in [0.15, 0.2) is 0 Å². The van der Waals surface area contributed by atoms with Crippen molar-refractivity contribution in [2.45, 2.75) is 20.0 Å². The summed E-state index contributed by atoms with van der Waals surface area (Å²) in [5.74, 6) is -0.921. The van der Waals surface area contributed by atoms with Gasteiger partial charge in [-0.25, -0.2) is 9.78 Å². The van der Waals surface area contributed by atoms with Crippen LogP contribution in [0, 0.1) is 0 Å². The van der Waals surface area contributed by atoms with Crippen molar-refractivity contribution in [2.75, 3.05) is 6.61 Å². The molecule has 0 spiro atoms. The van der Waals surface area contributed by atoms with E-state index in [1.807, 2.05) is 19.2 Å². The number of carbonyl (C=O) groups is 1. The molecule has 0 aliphatic rings. The molecule has 0 amide bonds. The molecule has 0 radical (unpaired) electrons. The van der Waals surface area contributed by atoms with Gasteiger partial charge in [0.05, 0.1) is 11.3 Å². The number of carboxylic acids is 1. The summed E-state index contributed by atoms with van der Waals surface area (Å²) in [6.45, 7) is 4.58. The molecule has 0 saturated heterocycles. The second kappa shape index (κ2) is 5.95. The van der Waals surface area contributed by atoms with Gasteiger partial charge in [-0.3, -0.25) is 0 Å². The lowest BCUT2D eigenvalue weighted by Crippen LogP contribution is -1.98. The molecule has 1 N–H and O–H groups in total. The van der Waals surface area contributed by atoms with Gasteiger partial charge < -0.3 is 9.84 Å². The molecule has 2 aromatic rings. The first kappa shape index (κ1) is 13.7. The first-order chi connectivity index (χ1) is 9.11. The van der Waals surface area contributed by atoms with Gasteiger partial charge in [-0.05, 0) is 26.0 Å². The minimum absolute atomic E-state index is 0.0120. The Morgan fingerprint density at radius 2 is 2.11 bits per heavy atom. The SMILES string of the molecule is CCOC(C)c1nc(-c2ccc(C(=O)O)cc2)cs1. The van der Waals surface area contributed by atoms with Gasteiger partial charge in [0.2, 0.25) is 0 Å². The normalized spacial score (nSPS) is 12.3. The summed E-state index contributed by atoms with van der Waals surface area (Å²) in [5, 5.41) is 11.7. The van der Waals surface area contributed by atoms with Gasteiger partial charge in [0, 0.05) is 17.6 Å². The summed E-state index contributed by atoms with van der Waals surface area (Å²) >= 11 is 1.55. The zero-order valence-electron chi connectivity index (χ0n) is 10.8. The van der Waals surface area contributed by atoms with Crippen molar-refractivity contribution in [2.24, 2.45) is 0 Å². The maximum absolute atomic E-state index is 10.8. The van der Waals surface area contributed by atoms with E-state index in [1.165, 1.54) is 0 Å². The monoisotopic (exact) mass is 277 g/mol. The number of carboxylic acid groups (broad SMARTS) is 1. The number of nitrogens with zero attached hydrogens (tertiary/aromatic N) is 1. The van der Waals surface area contributed by atoms with Crippen molar-refractivity contribution in [1.29, 1.82) is 0 Å². The average Bonchev–Trinajstić information content (AvgIpc) is 2.89. The molecule has 0 aliphatic carbocycles. The number of hydrogen-bond acceptors (Lipinski definition) is 4. The minimum Gasteiger partial charge on any atom is -0.478 e. The molecule has 100 valence electrons. The van der Waals surface area contributed by atoms with E-state index in [9.17, 15) is 4.79 Å². The van der Waals surface area contributed by atoms with Crippen LogP contribution in [0.5, 0.6) is 0 Å². The summed E-state index contributed by atoms with van der Waals surface area (Å²) in [6, 6.07) is 6.71. The van der Waals surface area contributed by atoms with E-state index in [0.29, 0.717) is 6.61 Å². The van der Waals surface area contributed by atoms with Crippen LogP contribution in [-0.2, 0) is 4.74 Å². The lowest BCUT2D eigenvalue weighted by molar-refractivity contribution is 0.0696. The molecule has 0 bridgehead atoms. The molecule has 19 heavy (non-hydrogen) atoms. The van der Waals surface area contributed by atoms with Crippen LogP contribution in [0.4, 0.5) is 0 Å². The van der Waals surface area contributed by atoms with Crippen LogP contribution in [0.25, 0.3) is 11.3 Å². The Bertz CT molecular complexity index is 562. The molecule has 0 fully saturated rings. The van der Waals surface area contributed by atoms with Gasteiger partial charge in [0.25, 0.3) is 0 Å².